The van der Waals surface area contributed by atoms with Crippen LogP contribution >= 0.6 is 23.2 Å². The first-order valence-electron chi connectivity index (χ1n) is 2.15. The summed E-state index contributed by atoms with van der Waals surface area (Å²) in [5.41, 5.74) is 0. The highest BCUT2D eigenvalue weighted by Gasteiger charge is 2.35. The van der Waals surface area contributed by atoms with Gasteiger partial charge in [0.1, 0.15) is 5.03 Å². The molecule has 0 aliphatic heterocycles. The van der Waals surface area contributed by atoms with Gasteiger partial charge in [-0.1, -0.05) is 11.6 Å². The van der Waals surface area contributed by atoms with E-state index in [1.165, 1.54) is 0 Å². The summed E-state index contributed by atoms with van der Waals surface area (Å²) >= 11 is 8.66. The quantitative estimate of drug-likeness (QED) is 0.463. The third-order valence-electron chi connectivity index (χ3n) is 0.561. The summed E-state index contributed by atoms with van der Waals surface area (Å²) in [6.07, 6.45) is -5.64. The van der Waals surface area contributed by atoms with E-state index in [0.717, 1.165) is 0 Å². The normalized spacial score (nSPS) is 15.4. The van der Waals surface area contributed by atoms with Crippen LogP contribution in [0.2, 0.25) is 0 Å². The Labute approximate surface area is 68.6 Å². The van der Waals surface area contributed by atoms with Gasteiger partial charge in [-0.3, -0.25) is 0 Å². The Morgan fingerprint density at radius 2 is 1.45 bits per heavy atom. The van der Waals surface area contributed by atoms with Crippen LogP contribution in [-0.4, -0.2) is 11.6 Å². The highest BCUT2D eigenvalue weighted by atomic mass is 35.5. The maximum atomic E-state index is 11.7. The lowest BCUT2D eigenvalue weighted by Gasteiger charge is -2.06. The monoisotopic (exact) mass is 214 g/mol. The summed E-state index contributed by atoms with van der Waals surface area (Å²) in [7, 11) is 0. The molecule has 0 aromatic rings. The van der Waals surface area contributed by atoms with E-state index in [0.29, 0.717) is 0 Å². The molecule has 0 atom stereocenters. The zero-order valence-electron chi connectivity index (χ0n) is 4.72. The SMILES string of the molecule is FC(F)(F)/C=C(/Cl)C(F)(F)Cl. The Hall–Kier alpha value is -0.0300. The molecule has 0 aromatic carbocycles. The van der Waals surface area contributed by atoms with Crippen LogP contribution < -0.4 is 0 Å². The van der Waals surface area contributed by atoms with Crippen LogP contribution in [0.15, 0.2) is 11.1 Å². The second-order valence-electron chi connectivity index (χ2n) is 1.53. The fourth-order valence-corrected chi connectivity index (χ4v) is 0.404. The zero-order valence-corrected chi connectivity index (χ0v) is 6.23. The summed E-state index contributed by atoms with van der Waals surface area (Å²) in [6.45, 7) is 0. The summed E-state index contributed by atoms with van der Waals surface area (Å²) in [6, 6.07) is 0. The number of rotatable bonds is 1. The maximum Gasteiger partial charge on any atom is 0.411 e. The average molecular weight is 215 g/mol. The van der Waals surface area contributed by atoms with Crippen LogP contribution in [0.3, 0.4) is 0 Å². The molecule has 0 rings (SSSR count). The molecule has 0 unspecified atom stereocenters. The van der Waals surface area contributed by atoms with Gasteiger partial charge in [-0.05, 0) is 11.6 Å². The first-order valence-corrected chi connectivity index (χ1v) is 2.91. The molecular formula is C4HCl2F5. The minimum Gasteiger partial charge on any atom is -0.182 e. The zero-order chi connectivity index (χ0) is 9.28. The number of hydrogen-bond donors (Lipinski definition) is 0. The van der Waals surface area contributed by atoms with Gasteiger partial charge in [0.25, 0.3) is 0 Å². The first kappa shape index (κ1) is 11.0. The van der Waals surface area contributed by atoms with E-state index in [2.05, 4.69) is 23.2 Å². The van der Waals surface area contributed by atoms with Crippen molar-refractivity contribution >= 4 is 23.2 Å². The van der Waals surface area contributed by atoms with Gasteiger partial charge < -0.3 is 0 Å². The topological polar surface area (TPSA) is 0 Å². The van der Waals surface area contributed by atoms with E-state index in [4.69, 9.17) is 0 Å². The highest BCUT2D eigenvalue weighted by molar-refractivity contribution is 6.38. The Balaban J connectivity index is 4.49. The lowest BCUT2D eigenvalue weighted by molar-refractivity contribution is -0.0814. The van der Waals surface area contributed by atoms with Gasteiger partial charge in [-0.25, -0.2) is 0 Å². The van der Waals surface area contributed by atoms with Crippen LogP contribution in [0.1, 0.15) is 0 Å². The minimum absolute atomic E-state index is 0.762. The van der Waals surface area contributed by atoms with Crippen LogP contribution in [0.5, 0.6) is 0 Å². The van der Waals surface area contributed by atoms with Crippen molar-refractivity contribution in [2.45, 2.75) is 11.6 Å². The molecule has 0 aliphatic rings. The largest absolute Gasteiger partial charge is 0.411 e. The van der Waals surface area contributed by atoms with Crippen LogP contribution in [-0.2, 0) is 0 Å². The van der Waals surface area contributed by atoms with E-state index >= 15 is 0 Å². The molecule has 0 heterocycles. The minimum atomic E-state index is -4.88. The van der Waals surface area contributed by atoms with Crippen molar-refractivity contribution in [3.05, 3.63) is 11.1 Å². The summed E-state index contributed by atoms with van der Waals surface area (Å²) in [5.74, 6) is 0. The number of hydrogen-bond acceptors (Lipinski definition) is 0. The third-order valence-corrected chi connectivity index (χ3v) is 1.21. The number of halogens is 7. The Morgan fingerprint density at radius 3 is 1.55 bits per heavy atom. The van der Waals surface area contributed by atoms with Crippen molar-refractivity contribution in [1.82, 2.24) is 0 Å². The van der Waals surface area contributed by atoms with E-state index in [1.807, 2.05) is 0 Å². The molecule has 0 aliphatic carbocycles. The summed E-state index contributed by atoms with van der Waals surface area (Å²) in [4.78, 5) is 0. The molecule has 0 bridgehead atoms. The van der Waals surface area contributed by atoms with E-state index in [-0.39, 0.29) is 0 Å². The second kappa shape index (κ2) is 3.15. The lowest BCUT2D eigenvalue weighted by Crippen LogP contribution is -2.11. The molecule has 0 saturated heterocycles. The summed E-state index contributed by atoms with van der Waals surface area (Å²) in [5, 5.41) is -5.90. The maximum absolute atomic E-state index is 11.7. The van der Waals surface area contributed by atoms with Gasteiger partial charge in [0, 0.05) is 6.08 Å². The molecule has 0 N–H and O–H groups in total. The second-order valence-corrected chi connectivity index (χ2v) is 2.41. The fraction of sp³-hybridized carbons (Fsp3) is 0.500. The molecule has 11 heavy (non-hydrogen) atoms. The fourth-order valence-electron chi connectivity index (χ4n) is 0.226. The molecule has 0 amide bonds. The Kier molecular flexibility index (Phi) is 3.14. The molecule has 0 spiro atoms. The van der Waals surface area contributed by atoms with Crippen LogP contribution in [0.4, 0.5) is 22.0 Å². The average Bonchev–Trinajstić information content (AvgIpc) is 1.56. The standard InChI is InChI=1S/C4HCl2F5/c5-2(4(6,10)11)1-3(7,8)9/h1H/b2-1+. The number of allylic oxidation sites excluding steroid dienone is 2. The van der Waals surface area contributed by atoms with Crippen molar-refractivity contribution in [1.29, 1.82) is 0 Å². The Bertz CT molecular complexity index is 164. The smallest absolute Gasteiger partial charge is 0.182 e. The van der Waals surface area contributed by atoms with Gasteiger partial charge >= 0.3 is 11.6 Å². The molecule has 0 saturated carbocycles. The third kappa shape index (κ3) is 5.26. The highest BCUT2D eigenvalue weighted by Crippen LogP contribution is 2.34. The van der Waals surface area contributed by atoms with Gasteiger partial charge in [0.05, 0.1) is 0 Å². The molecule has 0 fully saturated rings. The van der Waals surface area contributed by atoms with Crippen molar-refractivity contribution in [3.8, 4) is 0 Å². The number of alkyl halides is 6. The van der Waals surface area contributed by atoms with Crippen LogP contribution in [0.25, 0.3) is 0 Å². The van der Waals surface area contributed by atoms with E-state index < -0.39 is 22.7 Å². The molecule has 66 valence electrons. The van der Waals surface area contributed by atoms with Gasteiger partial charge in [0.15, 0.2) is 0 Å². The predicted molar refractivity (Wildman–Crippen MR) is 30.8 cm³/mol. The first-order chi connectivity index (χ1) is 4.63. The molecule has 0 aromatic heterocycles. The van der Waals surface area contributed by atoms with E-state index in [9.17, 15) is 22.0 Å². The van der Waals surface area contributed by atoms with Crippen molar-refractivity contribution in [2.24, 2.45) is 0 Å². The molecule has 7 heteroatoms. The van der Waals surface area contributed by atoms with Gasteiger partial charge in [-0.2, -0.15) is 22.0 Å². The van der Waals surface area contributed by atoms with Gasteiger partial charge in [0.2, 0.25) is 0 Å². The van der Waals surface area contributed by atoms with Gasteiger partial charge in [-0.15, -0.1) is 0 Å². The molecule has 0 nitrogen and oxygen atoms in total. The van der Waals surface area contributed by atoms with Crippen molar-refractivity contribution in [2.75, 3.05) is 0 Å². The van der Waals surface area contributed by atoms with E-state index in [1.54, 1.807) is 0 Å². The van der Waals surface area contributed by atoms with Crippen molar-refractivity contribution < 1.29 is 22.0 Å². The lowest BCUT2D eigenvalue weighted by atomic mass is 10.5. The predicted octanol–water partition coefficient (Wildman–Crippen LogP) is 3.50. The molecular weight excluding hydrogens is 214 g/mol. The molecule has 0 radical (unpaired) electrons. The van der Waals surface area contributed by atoms with Crippen LogP contribution in [0, 0.1) is 0 Å². The van der Waals surface area contributed by atoms with Crippen molar-refractivity contribution in [3.63, 3.8) is 0 Å². The Morgan fingerprint density at radius 1 is 1.09 bits per heavy atom. The summed E-state index contributed by atoms with van der Waals surface area (Å²) < 4.78 is 57.3.